The van der Waals surface area contributed by atoms with E-state index in [9.17, 15) is 9.59 Å². The van der Waals surface area contributed by atoms with Crippen LogP contribution in [0.4, 0.5) is 5.69 Å². The van der Waals surface area contributed by atoms with E-state index >= 15 is 0 Å². The van der Waals surface area contributed by atoms with Crippen molar-refractivity contribution in [1.82, 2.24) is 5.16 Å². The van der Waals surface area contributed by atoms with E-state index in [1.54, 1.807) is 11.8 Å². The molecule has 0 spiro atoms. The molecule has 108 valence electrons. The van der Waals surface area contributed by atoms with Gasteiger partial charge in [0.25, 0.3) is 0 Å². The fourth-order valence-corrected chi connectivity index (χ4v) is 2.78. The van der Waals surface area contributed by atoms with Crippen LogP contribution >= 0.6 is 0 Å². The predicted molar refractivity (Wildman–Crippen MR) is 75.2 cm³/mol. The molecule has 1 aromatic heterocycles. The summed E-state index contributed by atoms with van der Waals surface area (Å²) in [6.07, 6.45) is 0.770. The molecule has 0 saturated heterocycles. The van der Waals surface area contributed by atoms with Crippen molar-refractivity contribution in [3.63, 3.8) is 0 Å². The van der Waals surface area contributed by atoms with E-state index in [1.807, 2.05) is 25.1 Å². The van der Waals surface area contributed by atoms with Gasteiger partial charge in [0, 0.05) is 30.3 Å². The van der Waals surface area contributed by atoms with Crippen LogP contribution in [0.5, 0.6) is 0 Å². The molecule has 1 aromatic carbocycles. The number of aromatic carboxylic acids is 1. The standard InChI is InChI=1S/C15H14N2O4/c1-8-5-11-6-10(3-4-13(11)17(8)9(2)18)12-7-14(15(19)20)21-16-12/h3-4,6-8H,5H2,1-2H3,(H,19,20). The number of fused-ring (bicyclic) bond motifs is 1. The summed E-state index contributed by atoms with van der Waals surface area (Å²) in [6, 6.07) is 7.13. The van der Waals surface area contributed by atoms with Crippen LogP contribution in [0.2, 0.25) is 0 Å². The third-order valence-electron chi connectivity index (χ3n) is 3.65. The van der Waals surface area contributed by atoms with Crippen LogP contribution < -0.4 is 4.90 Å². The van der Waals surface area contributed by atoms with Crippen molar-refractivity contribution < 1.29 is 19.2 Å². The van der Waals surface area contributed by atoms with Crippen molar-refractivity contribution in [1.29, 1.82) is 0 Å². The summed E-state index contributed by atoms with van der Waals surface area (Å²) in [4.78, 5) is 24.3. The van der Waals surface area contributed by atoms with Crippen LogP contribution in [0.15, 0.2) is 28.8 Å². The number of carboxylic acid groups (broad SMARTS) is 1. The van der Waals surface area contributed by atoms with Gasteiger partial charge in [-0.2, -0.15) is 0 Å². The third kappa shape index (κ3) is 2.18. The summed E-state index contributed by atoms with van der Waals surface area (Å²) in [5.41, 5.74) is 3.21. The first-order valence-electron chi connectivity index (χ1n) is 6.60. The summed E-state index contributed by atoms with van der Waals surface area (Å²) < 4.78 is 4.77. The molecule has 0 fully saturated rings. The van der Waals surface area contributed by atoms with E-state index in [0.717, 1.165) is 23.2 Å². The molecular weight excluding hydrogens is 272 g/mol. The Labute approximate surface area is 121 Å². The quantitative estimate of drug-likeness (QED) is 0.916. The Morgan fingerprint density at radius 2 is 2.14 bits per heavy atom. The van der Waals surface area contributed by atoms with Gasteiger partial charge in [0.05, 0.1) is 0 Å². The minimum atomic E-state index is -1.15. The molecule has 1 aliphatic heterocycles. The fourth-order valence-electron chi connectivity index (χ4n) is 2.78. The van der Waals surface area contributed by atoms with Gasteiger partial charge in [0.1, 0.15) is 5.69 Å². The number of hydrogen-bond acceptors (Lipinski definition) is 4. The Morgan fingerprint density at radius 1 is 1.38 bits per heavy atom. The summed E-state index contributed by atoms with van der Waals surface area (Å²) >= 11 is 0. The maximum atomic E-state index is 11.7. The van der Waals surface area contributed by atoms with Gasteiger partial charge in [-0.05, 0) is 31.0 Å². The van der Waals surface area contributed by atoms with Crippen LogP contribution in [0.1, 0.15) is 30.0 Å². The summed E-state index contributed by atoms with van der Waals surface area (Å²) in [7, 11) is 0. The van der Waals surface area contributed by atoms with Crippen LogP contribution in [0, 0.1) is 0 Å². The van der Waals surface area contributed by atoms with Gasteiger partial charge in [0.2, 0.25) is 11.7 Å². The number of carbonyl (C=O) groups is 2. The van der Waals surface area contributed by atoms with Crippen molar-refractivity contribution in [2.45, 2.75) is 26.3 Å². The van der Waals surface area contributed by atoms with Crippen molar-refractivity contribution in [2.75, 3.05) is 4.90 Å². The number of hydrogen-bond donors (Lipinski definition) is 1. The molecule has 2 heterocycles. The van der Waals surface area contributed by atoms with Crippen molar-refractivity contribution >= 4 is 17.6 Å². The molecule has 2 aromatic rings. The average Bonchev–Trinajstić information content (AvgIpc) is 3.00. The SMILES string of the molecule is CC(=O)N1c2ccc(-c3cc(C(=O)O)on3)cc2CC1C. The number of aromatic nitrogens is 1. The molecule has 1 unspecified atom stereocenters. The number of carbonyl (C=O) groups excluding carboxylic acids is 1. The lowest BCUT2D eigenvalue weighted by atomic mass is 10.0. The Hall–Kier alpha value is -2.63. The lowest BCUT2D eigenvalue weighted by Crippen LogP contribution is -2.33. The molecule has 6 nitrogen and oxygen atoms in total. The van der Waals surface area contributed by atoms with Crippen molar-refractivity contribution in [2.24, 2.45) is 0 Å². The number of benzene rings is 1. The van der Waals surface area contributed by atoms with Crippen LogP contribution in [0.3, 0.4) is 0 Å². The number of nitrogens with zero attached hydrogens (tertiary/aromatic N) is 2. The molecule has 0 radical (unpaired) electrons. The Morgan fingerprint density at radius 3 is 2.76 bits per heavy atom. The van der Waals surface area contributed by atoms with Crippen molar-refractivity contribution in [3.05, 3.63) is 35.6 Å². The molecule has 1 atom stereocenters. The third-order valence-corrected chi connectivity index (χ3v) is 3.65. The largest absolute Gasteiger partial charge is 0.475 e. The average molecular weight is 286 g/mol. The molecule has 0 aliphatic carbocycles. The van der Waals surface area contributed by atoms with E-state index < -0.39 is 5.97 Å². The van der Waals surface area contributed by atoms with Gasteiger partial charge in [-0.3, -0.25) is 4.79 Å². The highest BCUT2D eigenvalue weighted by atomic mass is 16.5. The van der Waals surface area contributed by atoms with E-state index in [0.29, 0.717) is 5.69 Å². The lowest BCUT2D eigenvalue weighted by molar-refractivity contribution is -0.116. The molecule has 1 N–H and O–H groups in total. The molecular formula is C15H14N2O4. The van der Waals surface area contributed by atoms with Crippen molar-refractivity contribution in [3.8, 4) is 11.3 Å². The topological polar surface area (TPSA) is 83.6 Å². The van der Waals surface area contributed by atoms with Gasteiger partial charge < -0.3 is 14.5 Å². The molecule has 1 amide bonds. The van der Waals surface area contributed by atoms with E-state index in [2.05, 4.69) is 5.16 Å². The van der Waals surface area contributed by atoms with Gasteiger partial charge in [-0.15, -0.1) is 0 Å². The first kappa shape index (κ1) is 13.4. The maximum Gasteiger partial charge on any atom is 0.374 e. The maximum absolute atomic E-state index is 11.7. The predicted octanol–water partition coefficient (Wildman–Crippen LogP) is 2.34. The Balaban J connectivity index is 1.99. The molecule has 0 saturated carbocycles. The fraction of sp³-hybridized carbons (Fsp3) is 0.267. The second-order valence-corrected chi connectivity index (χ2v) is 5.17. The number of rotatable bonds is 2. The summed E-state index contributed by atoms with van der Waals surface area (Å²) in [5, 5.41) is 12.6. The molecule has 0 bridgehead atoms. The molecule has 1 aliphatic rings. The second kappa shape index (κ2) is 4.73. The summed E-state index contributed by atoms with van der Waals surface area (Å²) in [5.74, 6) is -1.32. The zero-order valence-electron chi connectivity index (χ0n) is 11.7. The molecule has 6 heteroatoms. The summed E-state index contributed by atoms with van der Waals surface area (Å²) in [6.45, 7) is 3.55. The minimum absolute atomic E-state index is 0.0172. The highest BCUT2D eigenvalue weighted by Gasteiger charge is 2.29. The first-order chi connectivity index (χ1) is 9.97. The van der Waals surface area contributed by atoms with Crippen LogP contribution in [-0.2, 0) is 11.2 Å². The second-order valence-electron chi connectivity index (χ2n) is 5.17. The Kier molecular flexibility index (Phi) is 3.01. The van der Waals surface area contributed by atoms with E-state index in [4.69, 9.17) is 9.63 Å². The highest BCUT2D eigenvalue weighted by Crippen LogP contribution is 2.35. The zero-order chi connectivity index (χ0) is 15.1. The number of amides is 1. The van der Waals surface area contributed by atoms with E-state index in [1.165, 1.54) is 6.07 Å². The molecule has 3 rings (SSSR count). The minimum Gasteiger partial charge on any atom is -0.475 e. The number of anilines is 1. The van der Waals surface area contributed by atoms with E-state index in [-0.39, 0.29) is 17.7 Å². The van der Waals surface area contributed by atoms with Crippen LogP contribution in [-0.4, -0.2) is 28.2 Å². The normalized spacial score (nSPS) is 16.9. The number of carboxylic acids is 1. The lowest BCUT2D eigenvalue weighted by Gasteiger charge is -2.20. The monoisotopic (exact) mass is 286 g/mol. The highest BCUT2D eigenvalue weighted by molar-refractivity contribution is 5.95. The van der Waals surface area contributed by atoms with Gasteiger partial charge in [-0.1, -0.05) is 11.2 Å². The van der Waals surface area contributed by atoms with Gasteiger partial charge in [-0.25, -0.2) is 4.79 Å². The van der Waals surface area contributed by atoms with Gasteiger partial charge >= 0.3 is 5.97 Å². The van der Waals surface area contributed by atoms with Crippen LogP contribution in [0.25, 0.3) is 11.3 Å². The zero-order valence-corrected chi connectivity index (χ0v) is 11.7. The molecule has 21 heavy (non-hydrogen) atoms. The first-order valence-corrected chi connectivity index (χ1v) is 6.60. The Bertz CT molecular complexity index is 735. The van der Waals surface area contributed by atoms with Gasteiger partial charge in [0.15, 0.2) is 0 Å². The smallest absolute Gasteiger partial charge is 0.374 e.